The second-order valence-corrected chi connectivity index (χ2v) is 3.58. The van der Waals surface area contributed by atoms with Gasteiger partial charge in [0.1, 0.15) is 12.4 Å². The van der Waals surface area contributed by atoms with Gasteiger partial charge in [-0.25, -0.2) is 0 Å². The van der Waals surface area contributed by atoms with Gasteiger partial charge in [-0.1, -0.05) is 12.1 Å². The Balaban J connectivity index is 2.55. The Morgan fingerprint density at radius 1 is 1.46 bits per heavy atom. The molecule has 0 aromatic heterocycles. The summed E-state index contributed by atoms with van der Waals surface area (Å²) < 4.78 is 6.35. The monoisotopic (exact) mass is 235 g/mol. The van der Waals surface area contributed by atoms with Crippen molar-refractivity contribution in [2.24, 2.45) is 0 Å². The summed E-state index contributed by atoms with van der Waals surface area (Å²) >= 11 is 3.39. The fourth-order valence-corrected chi connectivity index (χ4v) is 1.73. The van der Waals surface area contributed by atoms with E-state index < -0.39 is 0 Å². The average Bonchev–Trinajstić information content (AvgIpc) is 2.18. The lowest BCUT2D eigenvalue weighted by atomic mass is 10.1. The first kappa shape index (κ1) is 8.33. The molecule has 64 valence electrons. The van der Waals surface area contributed by atoms with Crippen LogP contribution in [0.25, 0.3) is 6.08 Å². The number of benzene rings is 1. The van der Waals surface area contributed by atoms with Gasteiger partial charge in [0.15, 0.2) is 0 Å². The SMILES string of the molecule is N#CC1=Cc2cccc(Br)c2OC1. The highest BCUT2D eigenvalue weighted by molar-refractivity contribution is 9.10. The standard InChI is InChI=1S/C10H6BrNO/c11-9-3-1-2-8-4-7(5-12)6-13-10(8)9/h1-4H,6H2. The van der Waals surface area contributed by atoms with E-state index in [2.05, 4.69) is 22.0 Å². The first-order valence-electron chi connectivity index (χ1n) is 3.83. The predicted octanol–water partition coefficient (Wildman–Crippen LogP) is 2.75. The quantitative estimate of drug-likeness (QED) is 0.693. The zero-order valence-corrected chi connectivity index (χ0v) is 8.34. The summed E-state index contributed by atoms with van der Waals surface area (Å²) in [7, 11) is 0. The van der Waals surface area contributed by atoms with Gasteiger partial charge in [-0.3, -0.25) is 0 Å². The van der Waals surface area contributed by atoms with Crippen LogP contribution in [-0.4, -0.2) is 6.61 Å². The molecule has 3 heteroatoms. The maximum Gasteiger partial charge on any atom is 0.141 e. The highest BCUT2D eigenvalue weighted by Crippen LogP contribution is 2.33. The van der Waals surface area contributed by atoms with Gasteiger partial charge < -0.3 is 4.74 Å². The summed E-state index contributed by atoms with van der Waals surface area (Å²) in [6.45, 7) is 0.367. The van der Waals surface area contributed by atoms with Crippen LogP contribution < -0.4 is 4.74 Å². The zero-order valence-electron chi connectivity index (χ0n) is 6.75. The molecule has 2 nitrogen and oxygen atoms in total. The molecule has 13 heavy (non-hydrogen) atoms. The van der Waals surface area contributed by atoms with Gasteiger partial charge >= 0.3 is 0 Å². The number of hydrogen-bond donors (Lipinski definition) is 0. The lowest BCUT2D eigenvalue weighted by Gasteiger charge is -2.15. The molecule has 0 spiro atoms. The third-order valence-electron chi connectivity index (χ3n) is 1.84. The van der Waals surface area contributed by atoms with Crippen molar-refractivity contribution in [2.45, 2.75) is 0 Å². The van der Waals surface area contributed by atoms with Crippen LogP contribution in [0.5, 0.6) is 5.75 Å². The largest absolute Gasteiger partial charge is 0.486 e. The average molecular weight is 236 g/mol. The molecule has 1 aliphatic rings. The summed E-state index contributed by atoms with van der Waals surface area (Å²) in [6, 6.07) is 7.85. The van der Waals surface area contributed by atoms with Crippen LogP contribution in [-0.2, 0) is 0 Å². The molecule has 1 aromatic rings. The van der Waals surface area contributed by atoms with Crippen LogP contribution in [0.3, 0.4) is 0 Å². The number of fused-ring (bicyclic) bond motifs is 1. The Labute approximate surface area is 84.6 Å². The number of halogens is 1. The van der Waals surface area contributed by atoms with Crippen molar-refractivity contribution in [2.75, 3.05) is 6.61 Å². The Kier molecular flexibility index (Phi) is 2.07. The molecule has 1 aromatic carbocycles. The van der Waals surface area contributed by atoms with Gasteiger partial charge in [-0.2, -0.15) is 5.26 Å². The number of ether oxygens (including phenoxy) is 1. The number of rotatable bonds is 0. The van der Waals surface area contributed by atoms with Crippen LogP contribution in [0.1, 0.15) is 5.56 Å². The van der Waals surface area contributed by atoms with Crippen molar-refractivity contribution in [1.82, 2.24) is 0 Å². The summed E-state index contributed by atoms with van der Waals surface area (Å²) in [4.78, 5) is 0. The summed E-state index contributed by atoms with van der Waals surface area (Å²) in [6.07, 6.45) is 1.85. The van der Waals surface area contributed by atoms with Crippen LogP contribution >= 0.6 is 15.9 Å². The minimum Gasteiger partial charge on any atom is -0.486 e. The van der Waals surface area contributed by atoms with Crippen LogP contribution in [0, 0.1) is 11.3 Å². The molecular weight excluding hydrogens is 230 g/mol. The van der Waals surface area contributed by atoms with Crippen molar-refractivity contribution >= 4 is 22.0 Å². The van der Waals surface area contributed by atoms with Crippen LogP contribution in [0.4, 0.5) is 0 Å². The molecule has 0 fully saturated rings. The van der Waals surface area contributed by atoms with E-state index in [-0.39, 0.29) is 0 Å². The smallest absolute Gasteiger partial charge is 0.141 e. The molecule has 0 bridgehead atoms. The lowest BCUT2D eigenvalue weighted by Crippen LogP contribution is -2.06. The first-order valence-corrected chi connectivity index (χ1v) is 4.62. The molecule has 0 N–H and O–H groups in total. The van der Waals surface area contributed by atoms with E-state index in [1.165, 1.54) is 0 Å². The van der Waals surface area contributed by atoms with Crippen LogP contribution in [0.2, 0.25) is 0 Å². The Morgan fingerprint density at radius 3 is 3.08 bits per heavy atom. The van der Waals surface area contributed by atoms with E-state index in [1.54, 1.807) is 0 Å². The maximum atomic E-state index is 8.68. The number of nitrogens with zero attached hydrogens (tertiary/aromatic N) is 1. The molecule has 2 rings (SSSR count). The fourth-order valence-electron chi connectivity index (χ4n) is 1.24. The number of nitriles is 1. The van der Waals surface area contributed by atoms with Gasteiger partial charge in [-0.05, 0) is 28.1 Å². The normalized spacial score (nSPS) is 13.7. The van der Waals surface area contributed by atoms with Crippen molar-refractivity contribution in [3.8, 4) is 11.8 Å². The van der Waals surface area contributed by atoms with Gasteiger partial charge in [0.25, 0.3) is 0 Å². The third kappa shape index (κ3) is 1.45. The summed E-state index contributed by atoms with van der Waals surface area (Å²) in [5.41, 5.74) is 1.61. The predicted molar refractivity (Wildman–Crippen MR) is 53.2 cm³/mol. The van der Waals surface area contributed by atoms with Crippen molar-refractivity contribution in [3.05, 3.63) is 33.8 Å². The first-order chi connectivity index (χ1) is 6.31. The molecule has 0 aliphatic carbocycles. The molecule has 0 atom stereocenters. The second kappa shape index (κ2) is 3.23. The van der Waals surface area contributed by atoms with Gasteiger partial charge in [0.2, 0.25) is 0 Å². The minimum atomic E-state index is 0.367. The van der Waals surface area contributed by atoms with Gasteiger partial charge in [0, 0.05) is 5.56 Å². The van der Waals surface area contributed by atoms with E-state index in [4.69, 9.17) is 10.00 Å². The Bertz CT molecular complexity index is 417. The van der Waals surface area contributed by atoms with E-state index >= 15 is 0 Å². The lowest BCUT2D eigenvalue weighted by molar-refractivity contribution is 0.349. The fraction of sp³-hybridized carbons (Fsp3) is 0.100. The highest BCUT2D eigenvalue weighted by Gasteiger charge is 2.12. The van der Waals surface area contributed by atoms with E-state index in [0.29, 0.717) is 12.2 Å². The molecule has 0 unspecified atom stereocenters. The summed E-state index contributed by atoms with van der Waals surface area (Å²) in [5.74, 6) is 0.821. The summed E-state index contributed by atoms with van der Waals surface area (Å²) in [5, 5.41) is 8.68. The zero-order chi connectivity index (χ0) is 9.26. The van der Waals surface area contributed by atoms with Crippen molar-refractivity contribution in [1.29, 1.82) is 5.26 Å². The van der Waals surface area contributed by atoms with Gasteiger partial charge in [-0.15, -0.1) is 0 Å². The maximum absolute atomic E-state index is 8.68. The Morgan fingerprint density at radius 2 is 2.31 bits per heavy atom. The Hall–Kier alpha value is -1.27. The van der Waals surface area contributed by atoms with Crippen LogP contribution in [0.15, 0.2) is 28.2 Å². The van der Waals surface area contributed by atoms with Gasteiger partial charge in [0.05, 0.1) is 16.1 Å². The molecular formula is C10H6BrNO. The molecule has 0 saturated heterocycles. The van der Waals surface area contributed by atoms with E-state index in [0.717, 1.165) is 15.8 Å². The van der Waals surface area contributed by atoms with Crippen molar-refractivity contribution in [3.63, 3.8) is 0 Å². The molecule has 1 heterocycles. The highest BCUT2D eigenvalue weighted by atomic mass is 79.9. The van der Waals surface area contributed by atoms with Crippen molar-refractivity contribution < 1.29 is 4.74 Å². The second-order valence-electron chi connectivity index (χ2n) is 2.73. The van der Waals surface area contributed by atoms with E-state index in [9.17, 15) is 0 Å². The molecule has 0 radical (unpaired) electrons. The molecule has 0 saturated carbocycles. The molecule has 0 amide bonds. The molecule has 1 aliphatic heterocycles. The third-order valence-corrected chi connectivity index (χ3v) is 2.47. The number of para-hydroxylation sites is 1. The van der Waals surface area contributed by atoms with E-state index in [1.807, 2.05) is 24.3 Å². The topological polar surface area (TPSA) is 33.0 Å². The minimum absolute atomic E-state index is 0.367. The number of hydrogen-bond acceptors (Lipinski definition) is 2.